The average molecular weight is 1800 g/mol. The molecule has 0 unspecified atom stereocenters. The van der Waals surface area contributed by atoms with Crippen molar-refractivity contribution in [1.29, 1.82) is 0 Å². The van der Waals surface area contributed by atoms with Crippen molar-refractivity contribution < 1.29 is 162 Å². The Balaban J connectivity index is 0. The van der Waals surface area contributed by atoms with Gasteiger partial charge < -0.3 is 85.4 Å². The van der Waals surface area contributed by atoms with Gasteiger partial charge >= 0.3 is 86.4 Å². The molecule has 2 aromatic carbocycles. The van der Waals surface area contributed by atoms with Crippen molar-refractivity contribution in [3.63, 3.8) is 0 Å². The van der Waals surface area contributed by atoms with Gasteiger partial charge in [-0.2, -0.15) is 12.8 Å². The van der Waals surface area contributed by atoms with Crippen molar-refractivity contribution in [2.45, 2.75) is 385 Å². The van der Waals surface area contributed by atoms with Gasteiger partial charge in [-0.05, 0) is 137 Å². The fourth-order valence-corrected chi connectivity index (χ4v) is 29.2. The molecule has 7 fully saturated rings. The monoisotopic (exact) mass is 1800 g/mol. The Kier molecular flexibility index (Phi) is 53.1. The van der Waals surface area contributed by atoms with Crippen molar-refractivity contribution in [2.75, 3.05) is 40.6 Å². The number of rotatable bonds is 22. The number of hydrogen-bond acceptors (Lipinski definition) is 22. The number of unbranched alkanes of at least 4 members (excludes halogenated alkanes) is 2. The maximum Gasteiger partial charge on any atom is 1.00 e. The molecule has 18 atom stereocenters. The topological polar surface area (TPSA) is 305 Å². The molecule has 22 nitrogen and oxygen atoms in total. The summed E-state index contributed by atoms with van der Waals surface area (Å²) in [6.45, 7) is 59.1. The molecule has 4 saturated carbocycles. The molecule has 706 valence electrons. The Bertz CT molecular complexity index is 3480. The van der Waals surface area contributed by atoms with Crippen molar-refractivity contribution in [1.82, 2.24) is 0 Å². The molecule has 0 spiro atoms. The van der Waals surface area contributed by atoms with Crippen LogP contribution in [0.25, 0.3) is 0 Å². The van der Waals surface area contributed by atoms with E-state index in [0.29, 0.717) is 35.1 Å². The molecule has 3 heterocycles. The first-order valence-electron chi connectivity index (χ1n) is 45.4. The van der Waals surface area contributed by atoms with Gasteiger partial charge in [0.15, 0.2) is 36.2 Å². The maximum atomic E-state index is 15.4. The fraction of sp³-hybridized carbons (Fsp3) is 0.745. The fourth-order valence-electron chi connectivity index (χ4n) is 20.9. The summed E-state index contributed by atoms with van der Waals surface area (Å²) in [5, 5.41) is 51.6. The quantitative estimate of drug-likeness (QED) is 0.0324. The van der Waals surface area contributed by atoms with E-state index in [-0.39, 0.29) is 126 Å². The molecule has 3 saturated heterocycles. The zero-order valence-corrected chi connectivity index (χ0v) is 85.5. The molecule has 0 radical (unpaired) electrons. The first-order chi connectivity index (χ1) is 56.8. The number of hydrogen-bond donors (Lipinski definition) is 3. The molecule has 0 amide bonds. The van der Waals surface area contributed by atoms with Crippen molar-refractivity contribution >= 4 is 66.4 Å². The van der Waals surface area contributed by atoms with Crippen LogP contribution < -0.4 is 61.7 Å². The van der Waals surface area contributed by atoms with Crippen molar-refractivity contribution in [3.05, 3.63) is 108 Å². The number of benzene rings is 2. The van der Waals surface area contributed by atoms with Crippen LogP contribution in [0.3, 0.4) is 0 Å². The van der Waals surface area contributed by atoms with Gasteiger partial charge in [-0.1, -0.05) is 207 Å². The van der Waals surface area contributed by atoms with E-state index in [2.05, 4.69) is 94.7 Å². The van der Waals surface area contributed by atoms with Gasteiger partial charge in [-0.3, -0.25) is 24.0 Å². The van der Waals surface area contributed by atoms with E-state index in [1.165, 1.54) is 71.7 Å². The van der Waals surface area contributed by atoms with Crippen LogP contribution in [0.2, 0.25) is 54.4 Å². The second-order valence-electron chi connectivity index (χ2n) is 35.8. The van der Waals surface area contributed by atoms with E-state index in [1.54, 1.807) is 67.6 Å². The summed E-state index contributed by atoms with van der Waals surface area (Å²) in [5.41, 5.74) is -8.69. The van der Waals surface area contributed by atoms with Crippen LogP contribution in [0, 0.1) is 59.2 Å². The summed E-state index contributed by atoms with van der Waals surface area (Å²) in [7, 11) is -2.66. The summed E-state index contributed by atoms with van der Waals surface area (Å²) >= 11 is 0. The third-order valence-electron chi connectivity index (χ3n) is 29.2. The second kappa shape index (κ2) is 53.7. The van der Waals surface area contributed by atoms with Gasteiger partial charge in [-0.15, -0.1) is 6.10 Å². The van der Waals surface area contributed by atoms with Gasteiger partial charge in [0.2, 0.25) is 0 Å². The van der Waals surface area contributed by atoms with Gasteiger partial charge in [0.1, 0.15) is 47.2 Å². The van der Waals surface area contributed by atoms with Gasteiger partial charge in [0.05, 0.1) is 72.4 Å². The predicted octanol–water partition coefficient (Wildman–Crippen LogP) is 10.3. The Hall–Kier alpha value is -3.35. The Morgan fingerprint density at radius 2 is 0.817 bits per heavy atom. The van der Waals surface area contributed by atoms with Crippen LogP contribution in [-0.4, -0.2) is 194 Å². The van der Waals surface area contributed by atoms with Crippen LogP contribution in [0.1, 0.15) is 280 Å². The maximum absolute atomic E-state index is 15.4. The Labute approximate surface area is 800 Å². The standard InChI is InChI=1S/C36H52O9Si.C36H51O9Si.C7H18OSi.C4H8O.2C4H9.C3H6O2.C2H6.2CH4.3Li/c2*1-10-46(11-2,12-3)45-26-18-27-35(20-42-27,44-23(6)37)29-31(43-32(40)24-16-14-13-15-17-24)36(41)19-25(38)21(4)28(33(36,7)8)22(5)30(39)34(26,29)9;1-5-9(6-2,7-3)8-4;1-2-4-5-3-1;2*1-3-4-2;1-3(4)5-2;1-2;;;;;/h13-17,22,25-27,29,31,38,41H,10-12,18-20H2,1-9H3;13-17,22,25-27,29,31,41H,10-12,18-20H2,1-9H3;5-7H2,1-4H3;1-4H2;2*1,3-4H2,2H3;1-2H3;1-2H3;2*1H4;;;/q;-1;;;2*-1;;;;;3*+1/t2*22-,25+,26+,27-,29+,31+,34-,35+,36-;;;;;;;;;;;/m11.........../s1. The molecule has 0 aromatic heterocycles. The van der Waals surface area contributed by atoms with Crippen LogP contribution in [0.15, 0.2) is 83.0 Å². The number of carbonyl (C=O) groups is 7. The van der Waals surface area contributed by atoms with E-state index in [9.17, 15) is 44.4 Å². The average Bonchev–Trinajstić information content (AvgIpc) is 0.681. The van der Waals surface area contributed by atoms with Crippen LogP contribution in [-0.2, 0) is 75.1 Å². The molecule has 3 N–H and O–H groups in total. The summed E-state index contributed by atoms with van der Waals surface area (Å²) in [6, 6.07) is 25.8. The van der Waals surface area contributed by atoms with Crippen LogP contribution in [0.5, 0.6) is 0 Å². The van der Waals surface area contributed by atoms with Crippen LogP contribution in [0.4, 0.5) is 0 Å². The minimum atomic E-state index is -2.35. The molecule has 3 aliphatic heterocycles. The van der Waals surface area contributed by atoms with Crippen molar-refractivity contribution in [2.24, 2.45) is 45.3 Å². The van der Waals surface area contributed by atoms with Gasteiger partial charge in [0.25, 0.3) is 0 Å². The predicted molar refractivity (Wildman–Crippen MR) is 494 cm³/mol. The zero-order valence-electron chi connectivity index (χ0n) is 82.5. The third-order valence-corrected chi connectivity index (χ3v) is 43.3. The molecule has 28 heteroatoms. The number of carbonyl (C=O) groups excluding carboxylic acids is 7. The van der Waals surface area contributed by atoms with Gasteiger partial charge in [-0.25, -0.2) is 9.59 Å². The molecular weight excluding hydrogens is 1630 g/mol. The number of aliphatic hydroxyl groups is 3. The summed E-state index contributed by atoms with van der Waals surface area (Å²) in [4.78, 5) is 94.1. The summed E-state index contributed by atoms with van der Waals surface area (Å²) < 4.78 is 66.7. The minimum absolute atomic E-state index is 0. The smallest absolute Gasteiger partial charge is 0.849 e. The SMILES string of the molecule is C.C.C1CCOC1.CC.CC[Si](CC)(CC)OC.CC[Si](CC)(CC)O[C@H]1C[C@H]2OC[C@@]2(OC(C)=O)[C@H]2[C@H](OC(=O)c3ccccc3)[C@]3(O)C[C@H](O)C(C)=C([C@@H](C)C(=O)[C@]12C)C3(C)C.CC[Si](CC)(CC)O[C@H]1C[C@H]2OC[C@@]2(OC(C)=O)[C@H]2[C@H](OC(=O)c3ccccc3)[C@]3(O)C[C@H]([O-])C(C)=C([C@@H](C)C(=O)[C@]12C)C3(C)C.COC(C)=O.[CH2-]CCC.[CH2-]CCC.[Li+].[Li+].[Li+]. The molecule has 126 heavy (non-hydrogen) atoms. The summed E-state index contributed by atoms with van der Waals surface area (Å²) in [6.07, 6.45) is -0.502. The van der Waals surface area contributed by atoms with E-state index >= 15 is 9.59 Å². The van der Waals surface area contributed by atoms with Crippen molar-refractivity contribution in [3.8, 4) is 0 Å². The van der Waals surface area contributed by atoms with E-state index in [1.807, 2.05) is 83.3 Å². The first kappa shape index (κ1) is 125. The molecular formula is C98H167Li3O22Si3. The number of esters is 5. The number of ether oxygens (including phenoxy) is 8. The number of methoxy groups -OCH3 is 1. The number of ketones is 2. The number of fused-ring (bicyclic) bond motifs is 10. The second-order valence-corrected chi connectivity index (χ2v) is 50.2. The third kappa shape index (κ3) is 25.6. The zero-order chi connectivity index (χ0) is 92.0. The van der Waals surface area contributed by atoms with E-state index in [0.717, 1.165) is 62.3 Å². The van der Waals surface area contributed by atoms with E-state index < -0.39 is 165 Å². The largest absolute Gasteiger partial charge is 1.00 e. The normalized spacial score (nSPS) is 30.7. The number of Topliss-reactive ketones (excluding diaryl/α,β-unsaturated/α-hetero) is 2. The Morgan fingerprint density at radius 1 is 0.516 bits per heavy atom. The molecule has 9 aliphatic rings. The minimum Gasteiger partial charge on any atom is -0.849 e. The van der Waals surface area contributed by atoms with Crippen LogP contribution >= 0.6 is 0 Å². The van der Waals surface area contributed by atoms with E-state index in [4.69, 9.17) is 46.4 Å². The Morgan fingerprint density at radius 3 is 1.06 bits per heavy atom. The molecule has 2 aromatic rings. The molecule has 11 rings (SSSR count). The number of aliphatic hydroxyl groups excluding tert-OH is 1. The van der Waals surface area contributed by atoms with Gasteiger partial charge in [0, 0.05) is 83.0 Å². The first-order valence-corrected chi connectivity index (χ1v) is 53.0. The molecule has 6 aliphatic carbocycles. The summed E-state index contributed by atoms with van der Waals surface area (Å²) in [5.74, 6) is -6.67. The molecule has 4 bridgehead atoms.